The van der Waals surface area contributed by atoms with Gasteiger partial charge in [-0.2, -0.15) is 0 Å². The normalized spacial score (nSPS) is 11.1. The second kappa shape index (κ2) is 11.1. The molecule has 0 saturated heterocycles. The van der Waals surface area contributed by atoms with Crippen LogP contribution in [-0.4, -0.2) is 40.8 Å². The van der Waals surface area contributed by atoms with Crippen LogP contribution in [-0.2, 0) is 16.6 Å². The Kier molecular flexibility index (Phi) is 8.17. The van der Waals surface area contributed by atoms with Crippen molar-refractivity contribution in [2.24, 2.45) is 0 Å². The molecular formula is C26H30N2O5S. The summed E-state index contributed by atoms with van der Waals surface area (Å²) in [6.45, 7) is 4.68. The van der Waals surface area contributed by atoms with Crippen molar-refractivity contribution in [1.82, 2.24) is 5.32 Å². The standard InChI is InChI=1S/C26H30N2O5S/c1-19-5-6-20(2)25(17-19)28(34(4,30)31)18-21-7-9-22(10-8-21)26(29)27-15-16-33-24-13-11-23(32-3)12-14-24/h5-14,17H,15-16,18H2,1-4H3,(H,27,29). The molecule has 0 bridgehead atoms. The molecule has 0 heterocycles. The number of carbonyl (C=O) groups excluding carboxylic acids is 1. The van der Waals surface area contributed by atoms with Gasteiger partial charge in [0.05, 0.1) is 32.1 Å². The zero-order chi connectivity index (χ0) is 24.7. The van der Waals surface area contributed by atoms with Gasteiger partial charge in [-0.25, -0.2) is 8.42 Å². The van der Waals surface area contributed by atoms with Crippen LogP contribution in [0.1, 0.15) is 27.0 Å². The van der Waals surface area contributed by atoms with E-state index in [2.05, 4.69) is 5.32 Å². The molecule has 7 nitrogen and oxygen atoms in total. The molecule has 8 heteroatoms. The monoisotopic (exact) mass is 482 g/mol. The molecular weight excluding hydrogens is 452 g/mol. The molecule has 0 aliphatic rings. The number of sulfonamides is 1. The predicted octanol–water partition coefficient (Wildman–Crippen LogP) is 4.09. The highest BCUT2D eigenvalue weighted by Crippen LogP contribution is 2.26. The van der Waals surface area contributed by atoms with Crippen molar-refractivity contribution in [2.45, 2.75) is 20.4 Å². The van der Waals surface area contributed by atoms with E-state index < -0.39 is 10.0 Å². The average molecular weight is 483 g/mol. The topological polar surface area (TPSA) is 84.9 Å². The number of methoxy groups -OCH3 is 1. The van der Waals surface area contributed by atoms with Crippen molar-refractivity contribution in [2.75, 3.05) is 30.8 Å². The summed E-state index contributed by atoms with van der Waals surface area (Å²) in [7, 11) is -1.89. The Labute approximate surface area is 201 Å². The molecule has 0 fully saturated rings. The number of rotatable bonds is 10. The van der Waals surface area contributed by atoms with Crippen molar-refractivity contribution in [3.8, 4) is 11.5 Å². The Balaban J connectivity index is 1.58. The van der Waals surface area contributed by atoms with E-state index in [1.165, 1.54) is 10.6 Å². The zero-order valence-electron chi connectivity index (χ0n) is 19.9. The third kappa shape index (κ3) is 6.74. The van der Waals surface area contributed by atoms with Crippen LogP contribution < -0.4 is 19.1 Å². The fraction of sp³-hybridized carbons (Fsp3) is 0.269. The molecule has 1 N–H and O–H groups in total. The van der Waals surface area contributed by atoms with Gasteiger partial charge in [-0.05, 0) is 73.0 Å². The molecule has 0 aromatic heterocycles. The fourth-order valence-electron chi connectivity index (χ4n) is 3.40. The number of nitrogens with zero attached hydrogens (tertiary/aromatic N) is 1. The summed E-state index contributed by atoms with van der Waals surface area (Å²) < 4.78 is 37.1. The molecule has 3 aromatic rings. The van der Waals surface area contributed by atoms with E-state index in [0.29, 0.717) is 30.2 Å². The molecule has 0 aliphatic carbocycles. The van der Waals surface area contributed by atoms with E-state index in [0.717, 1.165) is 22.4 Å². The number of aryl methyl sites for hydroxylation is 2. The summed E-state index contributed by atoms with van der Waals surface area (Å²) in [6.07, 6.45) is 1.20. The molecule has 0 unspecified atom stereocenters. The molecule has 0 saturated carbocycles. The van der Waals surface area contributed by atoms with E-state index in [1.54, 1.807) is 55.6 Å². The van der Waals surface area contributed by atoms with Gasteiger partial charge in [0.15, 0.2) is 0 Å². The Morgan fingerprint density at radius 3 is 2.21 bits per heavy atom. The molecule has 0 spiro atoms. The third-order valence-electron chi connectivity index (χ3n) is 5.29. The highest BCUT2D eigenvalue weighted by atomic mass is 32.2. The first kappa shape index (κ1) is 25.1. The molecule has 0 aliphatic heterocycles. The fourth-order valence-corrected chi connectivity index (χ4v) is 4.34. The lowest BCUT2D eigenvalue weighted by atomic mass is 10.1. The Hall–Kier alpha value is -3.52. The minimum Gasteiger partial charge on any atom is -0.497 e. The lowest BCUT2D eigenvalue weighted by Gasteiger charge is -2.25. The van der Waals surface area contributed by atoms with Gasteiger partial charge in [0.1, 0.15) is 18.1 Å². The molecule has 3 rings (SSSR count). The van der Waals surface area contributed by atoms with Crippen LogP contribution in [0.3, 0.4) is 0 Å². The second-order valence-electron chi connectivity index (χ2n) is 8.04. The van der Waals surface area contributed by atoms with Crippen LogP contribution in [0.2, 0.25) is 0 Å². The van der Waals surface area contributed by atoms with Gasteiger partial charge in [0, 0.05) is 5.56 Å². The zero-order valence-corrected chi connectivity index (χ0v) is 20.7. The first-order chi connectivity index (χ1) is 16.2. The van der Waals surface area contributed by atoms with Crippen molar-refractivity contribution >= 4 is 21.6 Å². The van der Waals surface area contributed by atoms with E-state index in [4.69, 9.17) is 9.47 Å². The maximum Gasteiger partial charge on any atom is 0.251 e. The lowest BCUT2D eigenvalue weighted by molar-refractivity contribution is 0.0947. The van der Waals surface area contributed by atoms with Gasteiger partial charge in [-0.3, -0.25) is 9.10 Å². The van der Waals surface area contributed by atoms with E-state index in [-0.39, 0.29) is 12.5 Å². The summed E-state index contributed by atoms with van der Waals surface area (Å²) >= 11 is 0. The smallest absolute Gasteiger partial charge is 0.251 e. The van der Waals surface area contributed by atoms with Crippen LogP contribution in [0, 0.1) is 13.8 Å². The molecule has 0 atom stereocenters. The quantitative estimate of drug-likeness (QED) is 0.440. The average Bonchev–Trinajstić information content (AvgIpc) is 2.82. The maximum absolute atomic E-state index is 12.5. The number of ether oxygens (including phenoxy) is 2. The molecule has 0 radical (unpaired) electrons. The molecule has 1 amide bonds. The van der Waals surface area contributed by atoms with Gasteiger partial charge >= 0.3 is 0 Å². The van der Waals surface area contributed by atoms with Crippen LogP contribution in [0.5, 0.6) is 11.5 Å². The second-order valence-corrected chi connectivity index (χ2v) is 9.94. The summed E-state index contributed by atoms with van der Waals surface area (Å²) in [6, 6.07) is 19.9. The number of nitrogens with one attached hydrogen (secondary N) is 1. The van der Waals surface area contributed by atoms with Crippen LogP contribution >= 0.6 is 0 Å². The first-order valence-electron chi connectivity index (χ1n) is 10.9. The van der Waals surface area contributed by atoms with Gasteiger partial charge in [0.25, 0.3) is 5.91 Å². The van der Waals surface area contributed by atoms with Crippen LogP contribution in [0.25, 0.3) is 0 Å². The lowest BCUT2D eigenvalue weighted by Crippen LogP contribution is -2.30. The van der Waals surface area contributed by atoms with Gasteiger partial charge < -0.3 is 14.8 Å². The summed E-state index contributed by atoms with van der Waals surface area (Å²) in [4.78, 5) is 12.4. The largest absolute Gasteiger partial charge is 0.497 e. The van der Waals surface area contributed by atoms with Gasteiger partial charge in [-0.1, -0.05) is 24.3 Å². The van der Waals surface area contributed by atoms with Gasteiger partial charge in [0.2, 0.25) is 10.0 Å². The predicted molar refractivity (Wildman–Crippen MR) is 134 cm³/mol. The van der Waals surface area contributed by atoms with E-state index in [9.17, 15) is 13.2 Å². The van der Waals surface area contributed by atoms with Crippen molar-refractivity contribution in [3.05, 3.63) is 89.0 Å². The number of amides is 1. The highest BCUT2D eigenvalue weighted by molar-refractivity contribution is 7.92. The van der Waals surface area contributed by atoms with E-state index in [1.807, 2.05) is 32.0 Å². The minimum atomic E-state index is -3.49. The molecule has 180 valence electrons. The number of anilines is 1. The molecule has 34 heavy (non-hydrogen) atoms. The highest BCUT2D eigenvalue weighted by Gasteiger charge is 2.20. The number of hydrogen-bond acceptors (Lipinski definition) is 5. The summed E-state index contributed by atoms with van der Waals surface area (Å²) in [5, 5.41) is 2.82. The number of hydrogen-bond donors (Lipinski definition) is 1. The third-order valence-corrected chi connectivity index (χ3v) is 6.42. The Morgan fingerprint density at radius 2 is 1.59 bits per heavy atom. The summed E-state index contributed by atoms with van der Waals surface area (Å²) in [5.41, 5.74) is 3.79. The first-order valence-corrected chi connectivity index (χ1v) is 12.7. The summed E-state index contributed by atoms with van der Waals surface area (Å²) in [5.74, 6) is 1.22. The van der Waals surface area contributed by atoms with Gasteiger partial charge in [-0.15, -0.1) is 0 Å². The van der Waals surface area contributed by atoms with Crippen molar-refractivity contribution in [3.63, 3.8) is 0 Å². The minimum absolute atomic E-state index is 0.181. The van der Waals surface area contributed by atoms with Crippen molar-refractivity contribution in [1.29, 1.82) is 0 Å². The maximum atomic E-state index is 12.5. The molecule has 3 aromatic carbocycles. The SMILES string of the molecule is COc1ccc(OCCNC(=O)c2ccc(CN(c3cc(C)ccc3C)S(C)(=O)=O)cc2)cc1. The number of carbonyl (C=O) groups is 1. The van der Waals surface area contributed by atoms with Crippen LogP contribution in [0.15, 0.2) is 66.7 Å². The number of benzene rings is 3. The Morgan fingerprint density at radius 1 is 0.941 bits per heavy atom. The van der Waals surface area contributed by atoms with Crippen LogP contribution in [0.4, 0.5) is 5.69 Å². The Bertz CT molecular complexity index is 1220. The van der Waals surface area contributed by atoms with E-state index >= 15 is 0 Å². The van der Waals surface area contributed by atoms with Crippen molar-refractivity contribution < 1.29 is 22.7 Å².